The molecule has 1 unspecified atom stereocenters. The molecule has 1 amide bonds. The zero-order chi connectivity index (χ0) is 24.0. The van der Waals surface area contributed by atoms with Crippen molar-refractivity contribution < 1.29 is 38.8 Å². The van der Waals surface area contributed by atoms with Gasteiger partial charge in [0.25, 0.3) is 11.7 Å². The van der Waals surface area contributed by atoms with Crippen molar-refractivity contribution in [3.05, 3.63) is 70.8 Å². The van der Waals surface area contributed by atoms with E-state index in [9.17, 15) is 19.5 Å². The highest BCUT2D eigenvalue weighted by atomic mass is 16.5. The Kier molecular flexibility index (Phi) is 7.81. The van der Waals surface area contributed by atoms with Crippen LogP contribution in [0.2, 0.25) is 0 Å². The van der Waals surface area contributed by atoms with Gasteiger partial charge < -0.3 is 29.3 Å². The van der Waals surface area contributed by atoms with E-state index in [-0.39, 0.29) is 37.7 Å². The highest BCUT2D eigenvalue weighted by molar-refractivity contribution is 6.46. The lowest BCUT2D eigenvalue weighted by molar-refractivity contribution is -0.140. The van der Waals surface area contributed by atoms with Crippen molar-refractivity contribution >= 4 is 23.4 Å². The smallest absolute Gasteiger partial charge is 0.337 e. The third-order valence-corrected chi connectivity index (χ3v) is 5.26. The maximum absolute atomic E-state index is 13.0. The summed E-state index contributed by atoms with van der Waals surface area (Å²) < 4.78 is 15.1. The molecule has 3 rings (SSSR count). The number of amides is 1. The molecule has 174 valence electrons. The van der Waals surface area contributed by atoms with Crippen molar-refractivity contribution in [2.24, 2.45) is 0 Å². The number of methoxy groups -OCH3 is 2. The van der Waals surface area contributed by atoms with Crippen molar-refractivity contribution in [3.8, 4) is 5.75 Å². The predicted molar refractivity (Wildman–Crippen MR) is 118 cm³/mol. The summed E-state index contributed by atoms with van der Waals surface area (Å²) in [5, 5.41) is 19.9. The molecular formula is C24H25NO8. The summed E-state index contributed by atoms with van der Waals surface area (Å²) in [6, 6.07) is 11.8. The van der Waals surface area contributed by atoms with E-state index >= 15 is 0 Å². The number of rotatable bonds is 9. The fourth-order valence-corrected chi connectivity index (χ4v) is 3.61. The fourth-order valence-electron chi connectivity index (χ4n) is 3.61. The zero-order valence-electron chi connectivity index (χ0n) is 18.3. The first-order chi connectivity index (χ1) is 15.9. The Morgan fingerprint density at radius 2 is 1.61 bits per heavy atom. The third-order valence-electron chi connectivity index (χ3n) is 5.26. The molecule has 0 spiro atoms. The van der Waals surface area contributed by atoms with Crippen LogP contribution in [0.4, 0.5) is 0 Å². The molecule has 2 N–H and O–H groups in total. The van der Waals surface area contributed by atoms with Crippen molar-refractivity contribution in [1.29, 1.82) is 0 Å². The van der Waals surface area contributed by atoms with Crippen LogP contribution in [0, 0.1) is 0 Å². The molecule has 2 aromatic rings. The first kappa shape index (κ1) is 24.0. The summed E-state index contributed by atoms with van der Waals surface area (Å²) >= 11 is 0. The van der Waals surface area contributed by atoms with Crippen LogP contribution in [0.15, 0.2) is 54.1 Å². The Labute approximate surface area is 190 Å². The van der Waals surface area contributed by atoms with Crippen LogP contribution in [0.3, 0.4) is 0 Å². The van der Waals surface area contributed by atoms with Gasteiger partial charge in [0, 0.05) is 12.1 Å². The van der Waals surface area contributed by atoms with Gasteiger partial charge in [0.1, 0.15) is 11.5 Å². The lowest BCUT2D eigenvalue weighted by Crippen LogP contribution is -2.33. The second kappa shape index (κ2) is 10.8. The molecule has 0 radical (unpaired) electrons. The molecular weight excluding hydrogens is 430 g/mol. The molecule has 9 nitrogen and oxygen atoms in total. The van der Waals surface area contributed by atoms with Gasteiger partial charge in [-0.1, -0.05) is 12.1 Å². The standard InChI is InChI=1S/C24H25NO8/c1-31-18-9-7-16(8-10-18)21(27)19-20(15-3-5-17(6-4-15)24(30)32-2)25(23(29)22(19)28)11-13-33-14-12-26/h3-10,20,26-27H,11-14H2,1-2H3/b21-19+. The summed E-state index contributed by atoms with van der Waals surface area (Å²) in [5.74, 6) is -1.88. The Bertz CT molecular complexity index is 1040. The number of hydrogen-bond donors (Lipinski definition) is 2. The van der Waals surface area contributed by atoms with E-state index in [2.05, 4.69) is 0 Å². The van der Waals surface area contributed by atoms with Gasteiger partial charge in [-0.25, -0.2) is 4.79 Å². The number of Topliss-reactive ketones (excluding diaryl/α,β-unsaturated/α-hetero) is 1. The van der Waals surface area contributed by atoms with Crippen LogP contribution in [0.5, 0.6) is 5.75 Å². The highest BCUT2D eigenvalue weighted by Gasteiger charge is 2.45. The summed E-state index contributed by atoms with van der Waals surface area (Å²) in [6.07, 6.45) is 0. The highest BCUT2D eigenvalue weighted by Crippen LogP contribution is 2.39. The van der Waals surface area contributed by atoms with E-state index in [1.807, 2.05) is 0 Å². The summed E-state index contributed by atoms with van der Waals surface area (Å²) in [7, 11) is 2.78. The van der Waals surface area contributed by atoms with Gasteiger partial charge in [0.05, 0.1) is 51.2 Å². The van der Waals surface area contributed by atoms with Crippen LogP contribution < -0.4 is 4.74 Å². The fraction of sp³-hybridized carbons (Fsp3) is 0.292. The van der Waals surface area contributed by atoms with Crippen molar-refractivity contribution in [3.63, 3.8) is 0 Å². The Balaban J connectivity index is 2.05. The summed E-state index contributed by atoms with van der Waals surface area (Å²) in [5.41, 5.74) is 1.11. The molecule has 1 heterocycles. The number of ketones is 1. The average molecular weight is 455 g/mol. The Morgan fingerprint density at radius 1 is 0.970 bits per heavy atom. The zero-order valence-corrected chi connectivity index (χ0v) is 18.3. The van der Waals surface area contributed by atoms with Crippen LogP contribution in [0.25, 0.3) is 5.76 Å². The van der Waals surface area contributed by atoms with Gasteiger partial charge in [-0.15, -0.1) is 0 Å². The van der Waals surface area contributed by atoms with E-state index in [1.165, 1.54) is 31.3 Å². The van der Waals surface area contributed by atoms with Crippen LogP contribution >= 0.6 is 0 Å². The van der Waals surface area contributed by atoms with Gasteiger partial charge in [-0.3, -0.25) is 9.59 Å². The first-order valence-electron chi connectivity index (χ1n) is 10.2. The molecule has 0 bridgehead atoms. The topological polar surface area (TPSA) is 123 Å². The normalized spacial score (nSPS) is 17.3. The molecule has 0 aliphatic carbocycles. The lowest BCUT2D eigenvalue weighted by atomic mass is 9.94. The molecule has 9 heteroatoms. The minimum Gasteiger partial charge on any atom is -0.507 e. The SMILES string of the molecule is COC(=O)c1ccc(C2/C(=C(\O)c3ccc(OC)cc3)C(=O)C(=O)N2CCOCCO)cc1. The largest absolute Gasteiger partial charge is 0.507 e. The molecule has 33 heavy (non-hydrogen) atoms. The van der Waals surface area contributed by atoms with Crippen molar-refractivity contribution in [2.75, 3.05) is 40.6 Å². The van der Waals surface area contributed by atoms with E-state index in [0.29, 0.717) is 22.4 Å². The van der Waals surface area contributed by atoms with Crippen molar-refractivity contribution in [1.82, 2.24) is 4.90 Å². The van der Waals surface area contributed by atoms with E-state index in [0.717, 1.165) is 0 Å². The monoisotopic (exact) mass is 455 g/mol. The van der Waals surface area contributed by atoms with Gasteiger partial charge in [-0.2, -0.15) is 0 Å². The number of benzene rings is 2. The maximum atomic E-state index is 13.0. The number of esters is 1. The Morgan fingerprint density at radius 3 is 2.18 bits per heavy atom. The number of likely N-dealkylation sites (tertiary alicyclic amines) is 1. The number of carbonyl (C=O) groups is 3. The van der Waals surface area contributed by atoms with Crippen LogP contribution in [0.1, 0.15) is 27.5 Å². The molecule has 1 fully saturated rings. The summed E-state index contributed by atoms with van der Waals surface area (Å²) in [4.78, 5) is 38.9. The number of aliphatic hydroxyl groups is 2. The molecule has 0 aromatic heterocycles. The first-order valence-corrected chi connectivity index (χ1v) is 10.2. The lowest BCUT2D eigenvalue weighted by Gasteiger charge is -2.25. The average Bonchev–Trinajstić information content (AvgIpc) is 3.10. The number of hydrogen-bond acceptors (Lipinski definition) is 8. The second-order valence-corrected chi connectivity index (χ2v) is 7.17. The molecule has 1 aliphatic rings. The van der Waals surface area contributed by atoms with E-state index in [4.69, 9.17) is 19.3 Å². The number of aliphatic hydroxyl groups excluding tert-OH is 2. The number of ether oxygens (including phenoxy) is 3. The number of carbonyl (C=O) groups excluding carboxylic acids is 3. The minimum absolute atomic E-state index is 0.0629. The molecule has 2 aromatic carbocycles. The van der Waals surface area contributed by atoms with Gasteiger partial charge in [0.2, 0.25) is 0 Å². The van der Waals surface area contributed by atoms with Crippen LogP contribution in [-0.2, 0) is 19.1 Å². The van der Waals surface area contributed by atoms with Gasteiger partial charge in [-0.05, 0) is 42.0 Å². The second-order valence-electron chi connectivity index (χ2n) is 7.17. The summed E-state index contributed by atoms with van der Waals surface area (Å²) in [6.45, 7) is 0.0727. The van der Waals surface area contributed by atoms with Crippen LogP contribution in [-0.4, -0.2) is 73.4 Å². The molecule has 1 saturated heterocycles. The maximum Gasteiger partial charge on any atom is 0.337 e. The third kappa shape index (κ3) is 5.05. The molecule has 0 saturated carbocycles. The van der Waals surface area contributed by atoms with Crippen molar-refractivity contribution in [2.45, 2.75) is 6.04 Å². The van der Waals surface area contributed by atoms with E-state index in [1.54, 1.807) is 36.4 Å². The Hall–Kier alpha value is -3.69. The van der Waals surface area contributed by atoms with E-state index < -0.39 is 23.7 Å². The minimum atomic E-state index is -0.892. The van der Waals surface area contributed by atoms with Gasteiger partial charge in [0.15, 0.2) is 0 Å². The molecule has 1 aliphatic heterocycles. The molecule has 1 atom stereocenters. The number of nitrogens with zero attached hydrogens (tertiary/aromatic N) is 1. The quantitative estimate of drug-likeness (QED) is 0.193. The predicted octanol–water partition coefficient (Wildman–Crippen LogP) is 1.91. The van der Waals surface area contributed by atoms with Gasteiger partial charge >= 0.3 is 5.97 Å².